The summed E-state index contributed by atoms with van der Waals surface area (Å²) in [6.45, 7) is 2.46. The molecule has 0 aliphatic rings. The number of aromatic amines is 1. The van der Waals surface area contributed by atoms with Gasteiger partial charge >= 0.3 is 0 Å². The molecule has 5 nitrogen and oxygen atoms in total. The number of nitrogens with one attached hydrogen (secondary N) is 1. The molecule has 0 atom stereocenters. The smallest absolute Gasteiger partial charge is 0.167 e. The zero-order valence-corrected chi connectivity index (χ0v) is 6.96. The van der Waals surface area contributed by atoms with E-state index in [-0.39, 0.29) is 0 Å². The molecule has 0 aliphatic heterocycles. The van der Waals surface area contributed by atoms with Crippen LogP contribution in [0.4, 0.5) is 0 Å². The minimum Gasteiger partial charge on any atom is -0.302 e. The monoisotopic (exact) mass is 156 g/mol. The van der Waals surface area contributed by atoms with Crippen LogP contribution in [0, 0.1) is 6.92 Å². The van der Waals surface area contributed by atoms with Crippen molar-refractivity contribution in [3.63, 3.8) is 0 Å². The maximum absolute atomic E-state index is 4.90. The van der Waals surface area contributed by atoms with Crippen molar-refractivity contribution in [1.29, 1.82) is 0 Å². The lowest BCUT2D eigenvalue weighted by molar-refractivity contribution is -0.118. The van der Waals surface area contributed by atoms with Crippen molar-refractivity contribution in [1.82, 2.24) is 20.2 Å². The first-order valence-corrected chi connectivity index (χ1v) is 3.35. The number of aromatic nitrogens is 3. The zero-order valence-electron chi connectivity index (χ0n) is 6.96. The van der Waals surface area contributed by atoms with Gasteiger partial charge in [-0.2, -0.15) is 10.2 Å². The van der Waals surface area contributed by atoms with Crippen LogP contribution >= 0.6 is 0 Å². The molecular weight excluding hydrogens is 144 g/mol. The van der Waals surface area contributed by atoms with Gasteiger partial charge in [0.1, 0.15) is 5.82 Å². The van der Waals surface area contributed by atoms with Crippen molar-refractivity contribution in [3.05, 3.63) is 11.6 Å². The summed E-state index contributed by atoms with van der Waals surface area (Å²) in [5.41, 5.74) is 0. The first-order valence-electron chi connectivity index (χ1n) is 3.35. The summed E-state index contributed by atoms with van der Waals surface area (Å²) in [7, 11) is 3.44. The Morgan fingerprint density at radius 3 is 2.82 bits per heavy atom. The largest absolute Gasteiger partial charge is 0.302 e. The van der Waals surface area contributed by atoms with Crippen molar-refractivity contribution < 1.29 is 4.84 Å². The summed E-state index contributed by atoms with van der Waals surface area (Å²) in [6, 6.07) is 0. The Balaban J connectivity index is 2.50. The molecular formula is C6H12N4O. The van der Waals surface area contributed by atoms with E-state index in [1.807, 2.05) is 14.0 Å². The molecule has 1 N–H and O–H groups in total. The molecule has 0 saturated heterocycles. The highest BCUT2D eigenvalue weighted by Gasteiger charge is 2.02. The summed E-state index contributed by atoms with van der Waals surface area (Å²) >= 11 is 0. The Kier molecular flexibility index (Phi) is 2.56. The first-order chi connectivity index (χ1) is 5.22. The van der Waals surface area contributed by atoms with E-state index < -0.39 is 0 Å². The average molecular weight is 156 g/mol. The van der Waals surface area contributed by atoms with E-state index in [0.717, 1.165) is 11.6 Å². The van der Waals surface area contributed by atoms with Gasteiger partial charge < -0.3 is 4.84 Å². The minimum atomic E-state index is 0.598. The molecule has 0 aromatic carbocycles. The molecule has 1 rings (SSSR count). The zero-order chi connectivity index (χ0) is 8.27. The van der Waals surface area contributed by atoms with Crippen LogP contribution in [-0.4, -0.2) is 34.4 Å². The second-order valence-electron chi connectivity index (χ2n) is 2.31. The Hall–Kier alpha value is -0.940. The van der Waals surface area contributed by atoms with E-state index >= 15 is 0 Å². The molecule has 1 aromatic heterocycles. The number of rotatable bonds is 3. The molecule has 1 aromatic rings. The second-order valence-corrected chi connectivity index (χ2v) is 2.31. The molecule has 0 radical (unpaired) electrons. The number of hydrogen-bond donors (Lipinski definition) is 1. The molecule has 0 unspecified atom stereocenters. The third kappa shape index (κ3) is 2.28. The van der Waals surface area contributed by atoms with Crippen molar-refractivity contribution in [2.24, 2.45) is 0 Å². The normalized spacial score (nSPS) is 10.9. The number of hydroxylamine groups is 2. The lowest BCUT2D eigenvalue weighted by atomic mass is 10.6. The summed E-state index contributed by atoms with van der Waals surface area (Å²) in [5, 5.41) is 8.36. The van der Waals surface area contributed by atoms with Crippen LogP contribution < -0.4 is 0 Å². The number of aryl methyl sites for hydroxylation is 1. The highest BCUT2D eigenvalue weighted by atomic mass is 16.7. The van der Waals surface area contributed by atoms with Crippen LogP contribution in [0.3, 0.4) is 0 Å². The lowest BCUT2D eigenvalue weighted by Crippen LogP contribution is -2.16. The molecule has 0 saturated carbocycles. The van der Waals surface area contributed by atoms with E-state index in [1.54, 1.807) is 12.2 Å². The van der Waals surface area contributed by atoms with Gasteiger partial charge in [0.2, 0.25) is 0 Å². The van der Waals surface area contributed by atoms with E-state index in [1.165, 1.54) is 0 Å². The highest BCUT2D eigenvalue weighted by Crippen LogP contribution is 1.95. The van der Waals surface area contributed by atoms with E-state index in [2.05, 4.69) is 15.2 Å². The van der Waals surface area contributed by atoms with E-state index in [0.29, 0.717) is 6.54 Å². The molecule has 11 heavy (non-hydrogen) atoms. The fourth-order valence-corrected chi connectivity index (χ4v) is 0.723. The molecule has 1 heterocycles. The topological polar surface area (TPSA) is 54.0 Å². The molecule has 0 bridgehead atoms. The Bertz CT molecular complexity index is 222. The molecule has 62 valence electrons. The summed E-state index contributed by atoms with van der Waals surface area (Å²) < 4.78 is 0. The van der Waals surface area contributed by atoms with Crippen LogP contribution in [0.15, 0.2) is 0 Å². The highest BCUT2D eigenvalue weighted by molar-refractivity contribution is 4.86. The van der Waals surface area contributed by atoms with Crippen molar-refractivity contribution in [2.75, 3.05) is 14.2 Å². The van der Waals surface area contributed by atoms with Crippen LogP contribution in [0.2, 0.25) is 0 Å². The minimum absolute atomic E-state index is 0.598. The third-order valence-corrected chi connectivity index (χ3v) is 1.32. The Morgan fingerprint density at radius 1 is 1.64 bits per heavy atom. The fraction of sp³-hybridized carbons (Fsp3) is 0.667. The van der Waals surface area contributed by atoms with Gasteiger partial charge in [-0.3, -0.25) is 5.10 Å². The SMILES string of the molecule is CON(C)Cc1n[nH]c(C)n1. The van der Waals surface area contributed by atoms with Gasteiger partial charge in [-0.05, 0) is 6.92 Å². The molecule has 0 amide bonds. The molecule has 0 fully saturated rings. The molecule has 5 heteroatoms. The van der Waals surface area contributed by atoms with Gasteiger partial charge in [-0.15, -0.1) is 0 Å². The van der Waals surface area contributed by atoms with Gasteiger partial charge in [0.25, 0.3) is 0 Å². The van der Waals surface area contributed by atoms with Gasteiger partial charge in [0, 0.05) is 7.05 Å². The van der Waals surface area contributed by atoms with Crippen LogP contribution in [0.5, 0.6) is 0 Å². The molecule has 0 aliphatic carbocycles. The lowest BCUT2D eigenvalue weighted by Gasteiger charge is -2.09. The summed E-state index contributed by atoms with van der Waals surface area (Å²) in [5.74, 6) is 1.57. The van der Waals surface area contributed by atoms with Crippen LogP contribution in [0.25, 0.3) is 0 Å². The van der Waals surface area contributed by atoms with Crippen molar-refractivity contribution >= 4 is 0 Å². The predicted molar refractivity (Wildman–Crippen MR) is 39.6 cm³/mol. The van der Waals surface area contributed by atoms with Gasteiger partial charge in [-0.1, -0.05) is 0 Å². The third-order valence-electron chi connectivity index (χ3n) is 1.32. The summed E-state index contributed by atoms with van der Waals surface area (Å²) in [6.07, 6.45) is 0. The van der Waals surface area contributed by atoms with Crippen molar-refractivity contribution in [3.8, 4) is 0 Å². The Morgan fingerprint density at radius 2 is 2.36 bits per heavy atom. The first kappa shape index (κ1) is 8.16. The number of H-pyrrole nitrogens is 1. The van der Waals surface area contributed by atoms with E-state index in [4.69, 9.17) is 4.84 Å². The number of hydrogen-bond acceptors (Lipinski definition) is 4. The Labute approximate surface area is 65.3 Å². The predicted octanol–water partition coefficient (Wildman–Crippen LogP) is 0.106. The average Bonchev–Trinajstić information content (AvgIpc) is 2.35. The fourth-order valence-electron chi connectivity index (χ4n) is 0.723. The summed E-state index contributed by atoms with van der Waals surface area (Å²) in [4.78, 5) is 9.01. The number of nitrogens with zero attached hydrogens (tertiary/aromatic N) is 3. The van der Waals surface area contributed by atoms with Gasteiger partial charge in [0.05, 0.1) is 13.7 Å². The quantitative estimate of drug-likeness (QED) is 0.631. The van der Waals surface area contributed by atoms with E-state index in [9.17, 15) is 0 Å². The maximum Gasteiger partial charge on any atom is 0.167 e. The molecule has 0 spiro atoms. The van der Waals surface area contributed by atoms with Gasteiger partial charge in [0.15, 0.2) is 5.82 Å². The van der Waals surface area contributed by atoms with Crippen LogP contribution in [0.1, 0.15) is 11.6 Å². The van der Waals surface area contributed by atoms with Gasteiger partial charge in [-0.25, -0.2) is 4.98 Å². The second kappa shape index (κ2) is 3.45. The maximum atomic E-state index is 4.90. The van der Waals surface area contributed by atoms with Crippen LogP contribution in [-0.2, 0) is 11.4 Å². The van der Waals surface area contributed by atoms with Crippen molar-refractivity contribution in [2.45, 2.75) is 13.5 Å². The standard InChI is InChI=1S/C6H12N4O/c1-5-7-6(9-8-5)4-10(2)11-3/h4H2,1-3H3,(H,7,8,9).